The van der Waals surface area contributed by atoms with E-state index in [1.54, 1.807) is 0 Å². The van der Waals surface area contributed by atoms with Crippen LogP contribution in [0.15, 0.2) is 12.7 Å². The van der Waals surface area contributed by atoms with Crippen molar-refractivity contribution in [3.63, 3.8) is 0 Å². The third-order valence-electron chi connectivity index (χ3n) is 7.44. The van der Waals surface area contributed by atoms with E-state index in [1.165, 1.54) is 38.5 Å². The number of rotatable bonds is 3. The van der Waals surface area contributed by atoms with Gasteiger partial charge in [0, 0.05) is 29.5 Å². The van der Waals surface area contributed by atoms with Crippen molar-refractivity contribution < 1.29 is 4.79 Å². The highest BCUT2D eigenvalue weighted by molar-refractivity contribution is 6.20. The highest BCUT2D eigenvalue weighted by Gasteiger charge is 2.46. The SMILES string of the molecule is O=C(NC1CCC(Cl)C(C2CCC2n2cnnc2)C1)N1C2CCCC1C2. The van der Waals surface area contributed by atoms with Crippen LogP contribution in [0.4, 0.5) is 4.79 Å². The Balaban J connectivity index is 1.21. The number of alkyl halides is 1. The fraction of sp³-hybridized carbons (Fsp3) is 0.842. The van der Waals surface area contributed by atoms with Crippen molar-refractivity contribution >= 4 is 17.6 Å². The van der Waals surface area contributed by atoms with E-state index < -0.39 is 0 Å². The molecule has 2 aliphatic carbocycles. The summed E-state index contributed by atoms with van der Waals surface area (Å²) in [6, 6.07) is 1.91. The van der Waals surface area contributed by atoms with Crippen molar-refractivity contribution in [3.8, 4) is 0 Å². The molecule has 2 bridgehead atoms. The van der Waals surface area contributed by atoms with Crippen molar-refractivity contribution in [1.29, 1.82) is 0 Å². The second-order valence-electron chi connectivity index (χ2n) is 8.74. The summed E-state index contributed by atoms with van der Waals surface area (Å²) in [5.74, 6) is 1.05. The molecule has 2 amide bonds. The zero-order valence-electron chi connectivity index (χ0n) is 15.1. The molecule has 0 aromatic carbocycles. The van der Waals surface area contributed by atoms with Crippen LogP contribution in [0.25, 0.3) is 0 Å². The summed E-state index contributed by atoms with van der Waals surface area (Å²) >= 11 is 6.73. The minimum absolute atomic E-state index is 0.173. The zero-order valence-corrected chi connectivity index (χ0v) is 15.9. The second kappa shape index (κ2) is 6.70. The Bertz CT molecular complexity index is 638. The van der Waals surface area contributed by atoms with E-state index >= 15 is 0 Å². The Morgan fingerprint density at radius 3 is 2.38 bits per heavy atom. The summed E-state index contributed by atoms with van der Waals surface area (Å²) in [5.41, 5.74) is 0. The van der Waals surface area contributed by atoms with Gasteiger partial charge >= 0.3 is 6.03 Å². The lowest BCUT2D eigenvalue weighted by Gasteiger charge is -2.53. The number of fused-ring (bicyclic) bond motifs is 2. The topological polar surface area (TPSA) is 63.1 Å². The molecule has 1 aromatic heterocycles. The van der Waals surface area contributed by atoms with Crippen LogP contribution in [0.2, 0.25) is 0 Å². The largest absolute Gasteiger partial charge is 0.335 e. The zero-order chi connectivity index (χ0) is 17.7. The van der Waals surface area contributed by atoms with Crippen molar-refractivity contribution in [2.75, 3.05) is 0 Å². The lowest BCUT2D eigenvalue weighted by Crippen LogP contribution is -2.64. The summed E-state index contributed by atoms with van der Waals surface area (Å²) in [7, 11) is 0. The van der Waals surface area contributed by atoms with E-state index in [0.29, 0.717) is 30.0 Å². The molecule has 1 aromatic rings. The van der Waals surface area contributed by atoms with Gasteiger partial charge in [-0.3, -0.25) is 0 Å². The Morgan fingerprint density at radius 1 is 0.962 bits per heavy atom. The van der Waals surface area contributed by atoms with Gasteiger partial charge in [-0.25, -0.2) is 4.79 Å². The van der Waals surface area contributed by atoms with Crippen LogP contribution in [0.1, 0.15) is 63.8 Å². The van der Waals surface area contributed by atoms with Gasteiger partial charge in [0.15, 0.2) is 0 Å². The number of nitrogens with one attached hydrogen (secondary N) is 1. The maximum absolute atomic E-state index is 12.8. The average molecular weight is 378 g/mol. The first-order valence-corrected chi connectivity index (χ1v) is 10.7. The highest BCUT2D eigenvalue weighted by atomic mass is 35.5. The monoisotopic (exact) mass is 377 g/mol. The molecular weight excluding hydrogens is 350 g/mol. The maximum atomic E-state index is 12.8. The van der Waals surface area contributed by atoms with Crippen LogP contribution >= 0.6 is 11.6 Å². The molecule has 6 nitrogen and oxygen atoms in total. The third kappa shape index (κ3) is 2.81. The summed E-state index contributed by atoms with van der Waals surface area (Å²) in [6.07, 6.45) is 13.9. The smallest absolute Gasteiger partial charge is 0.318 e. The summed E-state index contributed by atoms with van der Waals surface area (Å²) in [6.45, 7) is 0. The predicted octanol–water partition coefficient (Wildman–Crippen LogP) is 3.34. The Kier molecular flexibility index (Phi) is 4.34. The highest BCUT2D eigenvalue weighted by Crippen LogP contribution is 2.49. The number of aromatic nitrogens is 3. The molecule has 4 aliphatic rings. The third-order valence-corrected chi connectivity index (χ3v) is 7.98. The van der Waals surface area contributed by atoms with Gasteiger partial charge in [-0.1, -0.05) is 0 Å². The van der Waals surface area contributed by atoms with Gasteiger partial charge in [0.2, 0.25) is 0 Å². The number of piperidine rings is 1. The van der Waals surface area contributed by atoms with E-state index in [9.17, 15) is 4.79 Å². The molecule has 0 spiro atoms. The molecule has 2 saturated heterocycles. The van der Waals surface area contributed by atoms with Gasteiger partial charge in [0.1, 0.15) is 12.7 Å². The Hall–Kier alpha value is -1.30. The lowest BCUT2D eigenvalue weighted by molar-refractivity contribution is 0.00810. The Labute approximate surface area is 159 Å². The molecule has 7 heteroatoms. The number of hydrogen-bond donors (Lipinski definition) is 1. The molecule has 0 radical (unpaired) electrons. The van der Waals surface area contributed by atoms with Gasteiger partial charge in [-0.05, 0) is 69.6 Å². The van der Waals surface area contributed by atoms with Crippen LogP contribution in [-0.4, -0.2) is 49.2 Å². The first kappa shape index (κ1) is 16.8. The number of urea groups is 1. The molecule has 7 unspecified atom stereocenters. The van der Waals surface area contributed by atoms with Gasteiger partial charge < -0.3 is 14.8 Å². The van der Waals surface area contributed by atoms with E-state index in [-0.39, 0.29) is 17.5 Å². The van der Waals surface area contributed by atoms with Crippen LogP contribution in [0.5, 0.6) is 0 Å². The van der Waals surface area contributed by atoms with Crippen LogP contribution in [-0.2, 0) is 0 Å². The molecule has 4 fully saturated rings. The first-order chi connectivity index (χ1) is 12.7. The van der Waals surface area contributed by atoms with Crippen molar-refractivity contribution in [2.45, 2.75) is 87.3 Å². The van der Waals surface area contributed by atoms with Crippen LogP contribution < -0.4 is 5.32 Å². The fourth-order valence-corrected chi connectivity index (χ4v) is 6.30. The fourth-order valence-electron chi connectivity index (χ4n) is 5.89. The van der Waals surface area contributed by atoms with Gasteiger partial charge in [0.05, 0.1) is 0 Å². The van der Waals surface area contributed by atoms with Gasteiger partial charge in [-0.15, -0.1) is 21.8 Å². The van der Waals surface area contributed by atoms with Crippen molar-refractivity contribution in [1.82, 2.24) is 25.0 Å². The maximum Gasteiger partial charge on any atom is 0.318 e. The molecule has 3 heterocycles. The lowest BCUT2D eigenvalue weighted by atomic mass is 9.65. The van der Waals surface area contributed by atoms with E-state index in [2.05, 4.69) is 25.0 Å². The molecule has 142 valence electrons. The van der Waals surface area contributed by atoms with E-state index in [1.807, 2.05) is 12.7 Å². The quantitative estimate of drug-likeness (QED) is 0.821. The van der Waals surface area contributed by atoms with Gasteiger partial charge in [0.25, 0.3) is 0 Å². The minimum atomic E-state index is 0.173. The first-order valence-electron chi connectivity index (χ1n) is 10.3. The number of carbonyl (C=O) groups excluding carboxylic acids is 1. The number of hydrogen-bond acceptors (Lipinski definition) is 3. The second-order valence-corrected chi connectivity index (χ2v) is 9.30. The van der Waals surface area contributed by atoms with E-state index in [0.717, 1.165) is 19.3 Å². The summed E-state index contributed by atoms with van der Waals surface area (Å²) < 4.78 is 2.14. The van der Waals surface area contributed by atoms with Crippen LogP contribution in [0.3, 0.4) is 0 Å². The molecule has 5 rings (SSSR count). The molecular formula is C19H28ClN5O. The molecule has 26 heavy (non-hydrogen) atoms. The van der Waals surface area contributed by atoms with Crippen molar-refractivity contribution in [3.05, 3.63) is 12.7 Å². The van der Waals surface area contributed by atoms with Gasteiger partial charge in [-0.2, -0.15) is 0 Å². The standard InChI is InChI=1S/C19H28ClN5O/c20-17-6-4-12(23-19(26)25-13-2-1-3-14(25)9-13)8-16(17)15-5-7-18(15)24-10-21-22-11-24/h10-18H,1-9H2,(H,23,26). The molecule has 1 N–H and O–H groups in total. The average Bonchev–Trinajstić information content (AvgIpc) is 3.11. The summed E-state index contributed by atoms with van der Waals surface area (Å²) in [4.78, 5) is 14.9. The molecule has 2 aliphatic heterocycles. The van der Waals surface area contributed by atoms with E-state index in [4.69, 9.17) is 11.6 Å². The number of amides is 2. The number of carbonyl (C=O) groups is 1. The minimum Gasteiger partial charge on any atom is -0.335 e. The predicted molar refractivity (Wildman–Crippen MR) is 99.0 cm³/mol. The number of nitrogens with zero attached hydrogens (tertiary/aromatic N) is 4. The summed E-state index contributed by atoms with van der Waals surface area (Å²) in [5, 5.41) is 11.5. The molecule has 7 atom stereocenters. The van der Waals surface area contributed by atoms with Crippen molar-refractivity contribution in [2.24, 2.45) is 11.8 Å². The normalized spacial score (nSPS) is 41.9. The number of halogens is 1. The molecule has 2 saturated carbocycles. The Morgan fingerprint density at radius 2 is 1.73 bits per heavy atom. The van der Waals surface area contributed by atoms with Crippen LogP contribution in [0, 0.1) is 11.8 Å².